The van der Waals surface area contributed by atoms with Gasteiger partial charge in [0.25, 0.3) is 5.69 Å². The topological polar surface area (TPSA) is 154 Å². The Labute approximate surface area is 151 Å². The highest BCUT2D eigenvalue weighted by atomic mass is 16.6. The quantitative estimate of drug-likeness (QED) is 0.406. The average Bonchev–Trinajstić information content (AvgIpc) is 2.65. The van der Waals surface area contributed by atoms with E-state index in [1.165, 1.54) is 20.4 Å². The highest BCUT2D eigenvalue weighted by Crippen LogP contribution is 2.40. The average molecular weight is 375 g/mol. The van der Waals surface area contributed by atoms with E-state index < -0.39 is 37.5 Å². The monoisotopic (exact) mass is 375 g/mol. The summed E-state index contributed by atoms with van der Waals surface area (Å²) in [6, 6.07) is 7.96. The SMILES string of the molecule is COc1ccc(/C=N/N(C)c2c([N+](=O)[O-])cc([N+](=O)[O-])cc2[N+](=O)[O-])cc1. The van der Waals surface area contributed by atoms with Crippen molar-refractivity contribution < 1.29 is 19.5 Å². The van der Waals surface area contributed by atoms with Crippen LogP contribution in [0, 0.1) is 30.3 Å². The van der Waals surface area contributed by atoms with E-state index in [9.17, 15) is 30.3 Å². The molecular weight excluding hydrogens is 362 g/mol. The molecule has 140 valence electrons. The Morgan fingerprint density at radius 1 is 0.963 bits per heavy atom. The highest BCUT2D eigenvalue weighted by Gasteiger charge is 2.33. The lowest BCUT2D eigenvalue weighted by Crippen LogP contribution is -2.14. The first-order valence-electron chi connectivity index (χ1n) is 7.27. The van der Waals surface area contributed by atoms with E-state index in [1.807, 2.05) is 0 Å². The minimum Gasteiger partial charge on any atom is -0.497 e. The lowest BCUT2D eigenvalue weighted by Gasteiger charge is -2.13. The summed E-state index contributed by atoms with van der Waals surface area (Å²) in [5.74, 6) is 0.613. The molecule has 0 fully saturated rings. The Morgan fingerprint density at radius 3 is 1.89 bits per heavy atom. The van der Waals surface area contributed by atoms with Crippen molar-refractivity contribution >= 4 is 29.0 Å². The van der Waals surface area contributed by atoms with Gasteiger partial charge < -0.3 is 4.74 Å². The van der Waals surface area contributed by atoms with Gasteiger partial charge in [0.15, 0.2) is 0 Å². The molecule has 0 aromatic heterocycles. The molecule has 0 aliphatic carbocycles. The van der Waals surface area contributed by atoms with Gasteiger partial charge >= 0.3 is 11.4 Å². The van der Waals surface area contributed by atoms with Crippen molar-refractivity contribution in [1.29, 1.82) is 0 Å². The first kappa shape index (κ1) is 19.2. The number of hydrazone groups is 1. The molecule has 0 radical (unpaired) electrons. The third kappa shape index (κ3) is 4.31. The van der Waals surface area contributed by atoms with E-state index in [2.05, 4.69) is 5.10 Å². The summed E-state index contributed by atoms with van der Waals surface area (Å²) in [7, 11) is 2.77. The number of methoxy groups -OCH3 is 1. The van der Waals surface area contributed by atoms with Gasteiger partial charge in [-0.25, -0.2) is 0 Å². The Bertz CT molecular complexity index is 892. The second-order valence-electron chi connectivity index (χ2n) is 5.15. The molecular formula is C15H13N5O7. The molecule has 0 bridgehead atoms. The number of nitro benzene ring substituents is 3. The van der Waals surface area contributed by atoms with Crippen molar-refractivity contribution in [3.05, 3.63) is 72.3 Å². The summed E-state index contributed by atoms with van der Waals surface area (Å²) >= 11 is 0. The standard InChI is InChI=1S/C15H13N5O7/c1-17(16-9-10-3-5-12(27-2)6-4-10)15-13(19(23)24)7-11(18(21)22)8-14(15)20(25)26/h3-9H,1-2H3/b16-9+. The van der Waals surface area contributed by atoms with E-state index in [0.717, 1.165) is 5.01 Å². The van der Waals surface area contributed by atoms with Gasteiger partial charge in [-0.05, 0) is 29.8 Å². The predicted octanol–water partition coefficient (Wildman–Crippen LogP) is 2.89. The van der Waals surface area contributed by atoms with Gasteiger partial charge in [-0.3, -0.25) is 35.4 Å². The fourth-order valence-corrected chi connectivity index (χ4v) is 2.21. The van der Waals surface area contributed by atoms with Crippen molar-refractivity contribution in [3.8, 4) is 5.75 Å². The van der Waals surface area contributed by atoms with E-state index in [-0.39, 0.29) is 0 Å². The molecule has 0 saturated carbocycles. The zero-order chi connectivity index (χ0) is 20.1. The number of rotatable bonds is 7. The zero-order valence-corrected chi connectivity index (χ0v) is 14.1. The van der Waals surface area contributed by atoms with Gasteiger partial charge in [0.1, 0.15) is 5.75 Å². The molecule has 2 aromatic rings. The Kier molecular flexibility index (Phi) is 5.60. The number of hydrogen-bond donors (Lipinski definition) is 0. The van der Waals surface area contributed by atoms with Gasteiger partial charge in [0, 0.05) is 7.05 Å². The molecule has 0 N–H and O–H groups in total. The van der Waals surface area contributed by atoms with Crippen LogP contribution in [0.3, 0.4) is 0 Å². The highest BCUT2D eigenvalue weighted by molar-refractivity contribution is 5.83. The van der Waals surface area contributed by atoms with Crippen LogP contribution >= 0.6 is 0 Å². The summed E-state index contributed by atoms with van der Waals surface area (Å²) in [5, 5.41) is 38.4. The third-order valence-electron chi connectivity index (χ3n) is 3.48. The molecule has 12 nitrogen and oxygen atoms in total. The Balaban J connectivity index is 2.50. The van der Waals surface area contributed by atoms with E-state index in [1.54, 1.807) is 24.3 Å². The van der Waals surface area contributed by atoms with Crippen molar-refractivity contribution in [2.75, 3.05) is 19.2 Å². The summed E-state index contributed by atoms with van der Waals surface area (Å²) < 4.78 is 5.02. The van der Waals surface area contributed by atoms with Crippen molar-refractivity contribution in [2.45, 2.75) is 0 Å². The molecule has 0 unspecified atom stereocenters. The van der Waals surface area contributed by atoms with E-state index in [4.69, 9.17) is 4.74 Å². The second-order valence-corrected chi connectivity index (χ2v) is 5.15. The van der Waals surface area contributed by atoms with Crippen LogP contribution in [0.15, 0.2) is 41.5 Å². The van der Waals surface area contributed by atoms with E-state index >= 15 is 0 Å². The number of hydrogen-bond acceptors (Lipinski definition) is 9. The first-order chi connectivity index (χ1) is 12.7. The molecule has 0 atom stereocenters. The molecule has 2 aromatic carbocycles. The minimum atomic E-state index is -0.940. The predicted molar refractivity (Wildman–Crippen MR) is 95.4 cm³/mol. The molecule has 0 amide bonds. The fourth-order valence-electron chi connectivity index (χ4n) is 2.21. The molecule has 0 aliphatic heterocycles. The lowest BCUT2D eigenvalue weighted by molar-refractivity contribution is -0.402. The van der Waals surface area contributed by atoms with Crippen LogP contribution in [-0.4, -0.2) is 35.1 Å². The maximum Gasteiger partial charge on any atom is 0.308 e. The van der Waals surface area contributed by atoms with E-state index in [0.29, 0.717) is 23.4 Å². The number of benzene rings is 2. The number of ether oxygens (including phenoxy) is 1. The Hall–Kier alpha value is -4.09. The molecule has 27 heavy (non-hydrogen) atoms. The molecule has 0 spiro atoms. The normalized spacial score (nSPS) is 10.6. The van der Waals surface area contributed by atoms with Crippen LogP contribution in [0.25, 0.3) is 0 Å². The van der Waals surface area contributed by atoms with Gasteiger partial charge in [-0.1, -0.05) is 0 Å². The smallest absolute Gasteiger partial charge is 0.308 e. The fraction of sp³-hybridized carbons (Fsp3) is 0.133. The van der Waals surface area contributed by atoms with Crippen LogP contribution in [0.4, 0.5) is 22.7 Å². The number of nitrogens with zero attached hydrogens (tertiary/aromatic N) is 5. The number of non-ortho nitro benzene ring substituents is 1. The van der Waals surface area contributed by atoms with Crippen LogP contribution < -0.4 is 9.75 Å². The number of anilines is 1. The molecule has 2 rings (SSSR count). The number of nitro groups is 3. The first-order valence-corrected chi connectivity index (χ1v) is 7.27. The summed E-state index contributed by atoms with van der Waals surface area (Å²) in [6.45, 7) is 0. The maximum atomic E-state index is 11.3. The van der Waals surface area contributed by atoms with Crippen molar-refractivity contribution in [2.24, 2.45) is 5.10 Å². The van der Waals surface area contributed by atoms with Crippen molar-refractivity contribution in [3.63, 3.8) is 0 Å². The largest absolute Gasteiger partial charge is 0.497 e. The molecule has 12 heteroatoms. The third-order valence-corrected chi connectivity index (χ3v) is 3.48. The summed E-state index contributed by atoms with van der Waals surface area (Å²) in [5.41, 5.74) is -2.23. The molecule has 0 aliphatic rings. The van der Waals surface area contributed by atoms with Crippen LogP contribution in [0.5, 0.6) is 5.75 Å². The minimum absolute atomic E-state index is 0.472. The zero-order valence-electron chi connectivity index (χ0n) is 14.1. The Morgan fingerprint density at radius 2 is 1.48 bits per heavy atom. The van der Waals surface area contributed by atoms with Gasteiger partial charge in [0.2, 0.25) is 5.69 Å². The second kappa shape index (κ2) is 7.86. The van der Waals surface area contributed by atoms with Crippen molar-refractivity contribution in [1.82, 2.24) is 0 Å². The summed E-state index contributed by atoms with van der Waals surface area (Å²) in [6.07, 6.45) is 1.33. The lowest BCUT2D eigenvalue weighted by atomic mass is 10.2. The maximum absolute atomic E-state index is 11.3. The van der Waals surface area contributed by atoms with Crippen LogP contribution in [-0.2, 0) is 0 Å². The van der Waals surface area contributed by atoms with Crippen LogP contribution in [0.2, 0.25) is 0 Å². The van der Waals surface area contributed by atoms with Gasteiger partial charge in [0.05, 0.1) is 40.2 Å². The summed E-state index contributed by atoms with van der Waals surface area (Å²) in [4.78, 5) is 30.7. The molecule has 0 heterocycles. The van der Waals surface area contributed by atoms with Gasteiger partial charge in [-0.15, -0.1) is 0 Å². The molecule has 0 saturated heterocycles. The van der Waals surface area contributed by atoms with Gasteiger partial charge in [-0.2, -0.15) is 5.10 Å². The van der Waals surface area contributed by atoms with Crippen LogP contribution in [0.1, 0.15) is 5.56 Å².